The lowest BCUT2D eigenvalue weighted by Crippen LogP contribution is -2.31. The van der Waals surface area contributed by atoms with Crippen molar-refractivity contribution >= 4 is 17.4 Å². The lowest BCUT2D eigenvalue weighted by Gasteiger charge is -2.27. The molecule has 1 aliphatic rings. The number of hydrogen-bond donors (Lipinski definition) is 1. The summed E-state index contributed by atoms with van der Waals surface area (Å²) >= 11 is 0. The minimum absolute atomic E-state index is 0.0244. The van der Waals surface area contributed by atoms with E-state index in [-0.39, 0.29) is 22.4 Å². The molecular weight excluding hydrogens is 454 g/mol. The van der Waals surface area contributed by atoms with Crippen LogP contribution in [0, 0.1) is 5.82 Å². The van der Waals surface area contributed by atoms with Crippen LogP contribution >= 0.6 is 0 Å². The predicted octanol–water partition coefficient (Wildman–Crippen LogP) is 5.64. The average molecular weight is 471 g/mol. The maximum atomic E-state index is 13.6. The molecule has 4 rings (SSSR count). The number of amides is 1. The molecule has 5 nitrogen and oxygen atoms in total. The molecule has 1 amide bonds. The van der Waals surface area contributed by atoms with Gasteiger partial charge in [-0.25, -0.2) is 4.39 Å². The van der Waals surface area contributed by atoms with Gasteiger partial charge in [-0.15, -0.1) is 0 Å². The standard InChI is InChI=1S/C25H17F4NO4/c1-34-19-12-4-15(5-13-19)22(31)20-21(14-2-8-17(26)9-3-14)30(24(33)23(20)32)18-10-6-16(7-11-18)25(27,28)29/h2-13,21,32H,1H3. The van der Waals surface area contributed by atoms with Crippen molar-refractivity contribution < 1.29 is 37.0 Å². The molecule has 1 aliphatic heterocycles. The number of hydrogen-bond acceptors (Lipinski definition) is 4. The number of carbonyl (C=O) groups excluding carboxylic acids is 2. The normalized spacial score (nSPS) is 16.2. The third-order valence-corrected chi connectivity index (χ3v) is 5.46. The van der Waals surface area contributed by atoms with Gasteiger partial charge in [0.05, 0.1) is 24.3 Å². The Morgan fingerprint density at radius 2 is 1.53 bits per heavy atom. The Labute approximate surface area is 191 Å². The van der Waals surface area contributed by atoms with Crippen molar-refractivity contribution in [1.82, 2.24) is 0 Å². The van der Waals surface area contributed by atoms with Gasteiger partial charge in [-0.1, -0.05) is 12.1 Å². The van der Waals surface area contributed by atoms with Crippen LogP contribution in [0.3, 0.4) is 0 Å². The summed E-state index contributed by atoms with van der Waals surface area (Å²) in [5.74, 6) is -2.55. The summed E-state index contributed by atoms with van der Waals surface area (Å²) in [6.07, 6.45) is -4.58. The lowest BCUT2D eigenvalue weighted by molar-refractivity contribution is -0.137. The molecule has 0 bridgehead atoms. The lowest BCUT2D eigenvalue weighted by atomic mass is 9.92. The quantitative estimate of drug-likeness (QED) is 0.387. The average Bonchev–Trinajstić information content (AvgIpc) is 3.09. The molecule has 0 saturated carbocycles. The van der Waals surface area contributed by atoms with E-state index in [1.807, 2.05) is 0 Å². The summed E-state index contributed by atoms with van der Waals surface area (Å²) in [7, 11) is 1.45. The van der Waals surface area contributed by atoms with Crippen molar-refractivity contribution in [2.45, 2.75) is 12.2 Å². The number of aliphatic hydroxyl groups is 1. The second-order valence-corrected chi connectivity index (χ2v) is 7.49. The largest absolute Gasteiger partial charge is 0.503 e. The second kappa shape index (κ2) is 8.66. The summed E-state index contributed by atoms with van der Waals surface area (Å²) in [6, 6.07) is 13.4. The smallest absolute Gasteiger partial charge is 0.416 e. The first-order chi connectivity index (χ1) is 16.1. The Kier molecular flexibility index (Phi) is 5.87. The van der Waals surface area contributed by atoms with Crippen LogP contribution in [0.2, 0.25) is 0 Å². The molecule has 0 aliphatic carbocycles. The number of Topliss-reactive ketones (excluding diaryl/α,β-unsaturated/α-hetero) is 1. The molecule has 3 aromatic carbocycles. The monoisotopic (exact) mass is 471 g/mol. The number of carbonyl (C=O) groups is 2. The number of aliphatic hydroxyl groups excluding tert-OH is 1. The van der Waals surface area contributed by atoms with Crippen LogP contribution in [0.5, 0.6) is 5.75 Å². The van der Waals surface area contributed by atoms with E-state index in [0.717, 1.165) is 41.3 Å². The maximum absolute atomic E-state index is 13.6. The summed E-state index contributed by atoms with van der Waals surface area (Å²) in [4.78, 5) is 27.4. The Bertz CT molecular complexity index is 1260. The zero-order valence-electron chi connectivity index (χ0n) is 17.6. The van der Waals surface area contributed by atoms with Gasteiger partial charge in [0, 0.05) is 11.3 Å². The summed E-state index contributed by atoms with van der Waals surface area (Å²) < 4.78 is 57.7. The van der Waals surface area contributed by atoms with E-state index in [2.05, 4.69) is 0 Å². The first-order valence-electron chi connectivity index (χ1n) is 10.00. The third kappa shape index (κ3) is 4.12. The topological polar surface area (TPSA) is 66.8 Å². The highest BCUT2D eigenvalue weighted by atomic mass is 19.4. The summed E-state index contributed by atoms with van der Waals surface area (Å²) in [5, 5.41) is 10.7. The van der Waals surface area contributed by atoms with Crippen molar-refractivity contribution in [1.29, 1.82) is 0 Å². The SMILES string of the molecule is COc1ccc(C(=O)C2=C(O)C(=O)N(c3ccc(C(F)(F)F)cc3)C2c2ccc(F)cc2)cc1. The molecule has 0 aromatic heterocycles. The van der Waals surface area contributed by atoms with Crippen LogP contribution in [0.4, 0.5) is 23.2 Å². The number of rotatable bonds is 5. The fourth-order valence-corrected chi connectivity index (χ4v) is 3.77. The van der Waals surface area contributed by atoms with E-state index in [0.29, 0.717) is 5.75 Å². The van der Waals surface area contributed by atoms with Gasteiger partial charge in [0.25, 0.3) is 5.91 Å². The molecule has 1 heterocycles. The van der Waals surface area contributed by atoms with Crippen LogP contribution in [-0.4, -0.2) is 23.9 Å². The van der Waals surface area contributed by atoms with E-state index in [9.17, 15) is 32.3 Å². The van der Waals surface area contributed by atoms with Gasteiger partial charge in [0.2, 0.25) is 0 Å². The summed E-state index contributed by atoms with van der Waals surface area (Å²) in [6.45, 7) is 0. The number of anilines is 1. The minimum Gasteiger partial charge on any atom is -0.503 e. The number of ether oxygens (including phenoxy) is 1. The molecule has 3 aromatic rings. The zero-order valence-corrected chi connectivity index (χ0v) is 17.6. The molecule has 9 heteroatoms. The van der Waals surface area contributed by atoms with Crippen LogP contribution < -0.4 is 9.64 Å². The van der Waals surface area contributed by atoms with E-state index in [1.165, 1.54) is 43.5 Å². The van der Waals surface area contributed by atoms with Crippen molar-refractivity contribution in [3.8, 4) is 5.75 Å². The molecule has 1 N–H and O–H groups in total. The van der Waals surface area contributed by atoms with E-state index in [4.69, 9.17) is 4.74 Å². The van der Waals surface area contributed by atoms with Gasteiger partial charge < -0.3 is 9.84 Å². The molecule has 0 saturated heterocycles. The molecular formula is C25H17F4NO4. The molecule has 34 heavy (non-hydrogen) atoms. The molecule has 1 atom stereocenters. The first-order valence-corrected chi connectivity index (χ1v) is 10.00. The van der Waals surface area contributed by atoms with Gasteiger partial charge in [0.15, 0.2) is 11.5 Å². The fourth-order valence-electron chi connectivity index (χ4n) is 3.77. The second-order valence-electron chi connectivity index (χ2n) is 7.49. The van der Waals surface area contributed by atoms with Gasteiger partial charge >= 0.3 is 6.18 Å². The Hall–Kier alpha value is -4.14. The van der Waals surface area contributed by atoms with Gasteiger partial charge in [0.1, 0.15) is 11.6 Å². The van der Waals surface area contributed by atoms with Crippen LogP contribution in [0.15, 0.2) is 84.1 Å². The first kappa shape index (κ1) is 23.0. The Morgan fingerprint density at radius 1 is 0.941 bits per heavy atom. The van der Waals surface area contributed by atoms with Crippen molar-refractivity contribution in [3.63, 3.8) is 0 Å². The number of methoxy groups -OCH3 is 1. The highest BCUT2D eigenvalue weighted by molar-refractivity contribution is 6.20. The zero-order chi connectivity index (χ0) is 24.6. The maximum Gasteiger partial charge on any atom is 0.416 e. The Balaban J connectivity index is 1.82. The third-order valence-electron chi connectivity index (χ3n) is 5.46. The molecule has 174 valence electrons. The fraction of sp³-hybridized carbons (Fsp3) is 0.120. The number of halogens is 4. The highest BCUT2D eigenvalue weighted by Gasteiger charge is 2.45. The van der Waals surface area contributed by atoms with Gasteiger partial charge in [-0.2, -0.15) is 13.2 Å². The van der Waals surface area contributed by atoms with Crippen LogP contribution in [0.25, 0.3) is 0 Å². The molecule has 0 fully saturated rings. The Morgan fingerprint density at radius 3 is 2.06 bits per heavy atom. The van der Waals surface area contributed by atoms with Crippen molar-refractivity contribution in [2.75, 3.05) is 12.0 Å². The van der Waals surface area contributed by atoms with Crippen molar-refractivity contribution in [3.05, 3.63) is 107 Å². The number of benzene rings is 3. The minimum atomic E-state index is -4.58. The van der Waals surface area contributed by atoms with E-state index in [1.54, 1.807) is 0 Å². The van der Waals surface area contributed by atoms with Crippen LogP contribution in [0.1, 0.15) is 27.5 Å². The molecule has 1 unspecified atom stereocenters. The molecule has 0 spiro atoms. The van der Waals surface area contributed by atoms with E-state index >= 15 is 0 Å². The van der Waals surface area contributed by atoms with Crippen LogP contribution in [-0.2, 0) is 11.0 Å². The highest BCUT2D eigenvalue weighted by Crippen LogP contribution is 2.42. The summed E-state index contributed by atoms with van der Waals surface area (Å²) in [5.41, 5.74) is -0.738. The molecule has 0 radical (unpaired) electrons. The van der Waals surface area contributed by atoms with E-state index < -0.39 is 41.0 Å². The number of ketones is 1. The van der Waals surface area contributed by atoms with Gasteiger partial charge in [-0.05, 0) is 66.2 Å². The predicted molar refractivity (Wildman–Crippen MR) is 115 cm³/mol. The number of nitrogens with zero attached hydrogens (tertiary/aromatic N) is 1. The van der Waals surface area contributed by atoms with Gasteiger partial charge in [-0.3, -0.25) is 14.5 Å². The van der Waals surface area contributed by atoms with Crippen molar-refractivity contribution in [2.24, 2.45) is 0 Å². The number of alkyl halides is 3.